The maximum Gasteiger partial charge on any atom is 0.215 e. The van der Waals surface area contributed by atoms with Crippen molar-refractivity contribution in [3.63, 3.8) is 0 Å². The molecule has 2 aliphatic heterocycles. The van der Waals surface area contributed by atoms with Crippen molar-refractivity contribution in [2.75, 3.05) is 31.2 Å². The Morgan fingerprint density at radius 1 is 1.25 bits per heavy atom. The van der Waals surface area contributed by atoms with E-state index in [0.717, 1.165) is 38.0 Å². The Balaban J connectivity index is 1.51. The van der Waals surface area contributed by atoms with E-state index in [1.807, 2.05) is 11.8 Å². The van der Waals surface area contributed by atoms with Crippen LogP contribution >= 0.6 is 11.8 Å². The van der Waals surface area contributed by atoms with Crippen LogP contribution < -0.4 is 0 Å². The van der Waals surface area contributed by atoms with Gasteiger partial charge in [-0.25, -0.2) is 12.7 Å². The molecule has 0 unspecified atom stereocenters. The van der Waals surface area contributed by atoms with Gasteiger partial charge in [0, 0.05) is 30.7 Å². The highest BCUT2D eigenvalue weighted by Crippen LogP contribution is 2.64. The van der Waals surface area contributed by atoms with E-state index in [9.17, 15) is 13.2 Å². The molecule has 0 amide bonds. The molecule has 4 rings (SSSR count). The van der Waals surface area contributed by atoms with Crippen molar-refractivity contribution < 1.29 is 17.9 Å². The number of ketones is 1. The van der Waals surface area contributed by atoms with Gasteiger partial charge in [-0.05, 0) is 37.0 Å². The molecule has 2 saturated carbocycles. The molecule has 2 saturated heterocycles. The molecule has 2 heterocycles. The van der Waals surface area contributed by atoms with Crippen molar-refractivity contribution in [3.8, 4) is 0 Å². The normalized spacial score (nSPS) is 38.2. The molecule has 2 aliphatic carbocycles. The predicted molar refractivity (Wildman–Crippen MR) is 94.3 cm³/mol. The van der Waals surface area contributed by atoms with Gasteiger partial charge >= 0.3 is 0 Å². The van der Waals surface area contributed by atoms with Crippen LogP contribution in [0.1, 0.15) is 46.0 Å². The Kier molecular flexibility index (Phi) is 3.93. The van der Waals surface area contributed by atoms with Crippen LogP contribution in [0, 0.1) is 16.7 Å². The lowest BCUT2D eigenvalue weighted by atomic mass is 9.70. The molecule has 0 aromatic heterocycles. The lowest BCUT2D eigenvalue weighted by Crippen LogP contribution is -2.50. The van der Waals surface area contributed by atoms with Gasteiger partial charge in [0.15, 0.2) is 0 Å². The molecule has 7 heteroatoms. The number of ether oxygens (including phenoxy) is 1. The zero-order valence-corrected chi connectivity index (χ0v) is 16.2. The minimum Gasteiger partial charge on any atom is -0.363 e. The smallest absolute Gasteiger partial charge is 0.215 e. The van der Waals surface area contributed by atoms with Crippen LogP contribution in [0.4, 0.5) is 0 Å². The molecule has 4 aliphatic rings. The Labute approximate surface area is 148 Å². The number of nitrogens with zero attached hydrogens (tertiary/aromatic N) is 1. The summed E-state index contributed by atoms with van der Waals surface area (Å²) >= 11 is 1.82. The number of carbonyl (C=O) groups excluding carboxylic acids is 1. The van der Waals surface area contributed by atoms with Crippen LogP contribution in [-0.4, -0.2) is 54.6 Å². The van der Waals surface area contributed by atoms with Crippen LogP contribution in [0.15, 0.2) is 0 Å². The van der Waals surface area contributed by atoms with Crippen molar-refractivity contribution in [1.29, 1.82) is 0 Å². The van der Waals surface area contributed by atoms with Crippen molar-refractivity contribution in [3.05, 3.63) is 0 Å². The highest BCUT2D eigenvalue weighted by molar-refractivity contribution is 8.00. The summed E-state index contributed by atoms with van der Waals surface area (Å²) in [6.07, 6.45) is 3.80. The van der Waals surface area contributed by atoms with Gasteiger partial charge in [0.2, 0.25) is 10.0 Å². The van der Waals surface area contributed by atoms with Gasteiger partial charge in [-0.15, -0.1) is 11.8 Å². The molecule has 0 N–H and O–H groups in total. The molecule has 0 radical (unpaired) electrons. The number of hydrogen-bond donors (Lipinski definition) is 0. The largest absolute Gasteiger partial charge is 0.363 e. The lowest BCUT2D eigenvalue weighted by Gasteiger charge is -2.40. The molecule has 24 heavy (non-hydrogen) atoms. The maximum absolute atomic E-state index is 13.1. The maximum atomic E-state index is 13.1. The summed E-state index contributed by atoms with van der Waals surface area (Å²) in [4.78, 5) is 12.5. The Morgan fingerprint density at radius 3 is 2.46 bits per heavy atom. The fourth-order valence-electron chi connectivity index (χ4n) is 5.40. The number of piperidine rings is 1. The van der Waals surface area contributed by atoms with E-state index in [4.69, 9.17) is 4.74 Å². The predicted octanol–water partition coefficient (Wildman–Crippen LogP) is 2.27. The molecule has 4 fully saturated rings. The molecule has 1 spiro atoms. The summed E-state index contributed by atoms with van der Waals surface area (Å²) in [5.74, 6) is 1.53. The summed E-state index contributed by atoms with van der Waals surface area (Å²) in [7, 11) is -3.41. The summed E-state index contributed by atoms with van der Waals surface area (Å²) in [5.41, 5.74) is -0.858. The van der Waals surface area contributed by atoms with Gasteiger partial charge in [-0.2, -0.15) is 0 Å². The molecular weight excluding hydrogens is 346 g/mol. The summed E-state index contributed by atoms with van der Waals surface area (Å²) in [5, 5.41) is 0. The average Bonchev–Trinajstić information content (AvgIpc) is 3.11. The third-order valence-corrected chi connectivity index (χ3v) is 10.7. The molecule has 2 bridgehead atoms. The fraction of sp³-hybridized carbons (Fsp3) is 0.941. The zero-order chi connectivity index (χ0) is 17.2. The van der Waals surface area contributed by atoms with E-state index in [1.54, 1.807) is 4.31 Å². The first-order valence-corrected chi connectivity index (χ1v) is 11.6. The van der Waals surface area contributed by atoms with E-state index in [1.165, 1.54) is 0 Å². The van der Waals surface area contributed by atoms with Crippen LogP contribution in [0.25, 0.3) is 0 Å². The quantitative estimate of drug-likeness (QED) is 0.759. The van der Waals surface area contributed by atoms with Gasteiger partial charge in [-0.3, -0.25) is 4.79 Å². The Hall–Kier alpha value is -0.110. The van der Waals surface area contributed by atoms with Gasteiger partial charge < -0.3 is 4.74 Å². The number of Topliss-reactive ketones (excluding diaryl/α,β-unsaturated/α-hetero) is 1. The first kappa shape index (κ1) is 17.3. The molecule has 2 atom stereocenters. The van der Waals surface area contributed by atoms with Crippen molar-refractivity contribution in [1.82, 2.24) is 4.31 Å². The van der Waals surface area contributed by atoms with E-state index in [0.29, 0.717) is 25.4 Å². The number of sulfonamides is 1. The minimum absolute atomic E-state index is 0.00331. The van der Waals surface area contributed by atoms with E-state index in [2.05, 4.69) is 13.8 Å². The zero-order valence-electron chi connectivity index (χ0n) is 14.5. The summed E-state index contributed by atoms with van der Waals surface area (Å²) in [6, 6.07) is 0. The fourth-order valence-corrected chi connectivity index (χ4v) is 8.80. The highest BCUT2D eigenvalue weighted by Gasteiger charge is 2.65. The molecule has 0 aromatic rings. The molecular formula is C17H27NO4S2. The van der Waals surface area contributed by atoms with Crippen LogP contribution in [-0.2, 0) is 19.6 Å². The van der Waals surface area contributed by atoms with Gasteiger partial charge in [0.05, 0.1) is 12.4 Å². The third-order valence-electron chi connectivity index (χ3n) is 7.26. The Morgan fingerprint density at radius 2 is 1.96 bits per heavy atom. The van der Waals surface area contributed by atoms with Gasteiger partial charge in [-0.1, -0.05) is 13.8 Å². The summed E-state index contributed by atoms with van der Waals surface area (Å²) < 4.78 is 33.7. The number of rotatable bonds is 3. The van der Waals surface area contributed by atoms with Crippen molar-refractivity contribution >= 4 is 27.6 Å². The topological polar surface area (TPSA) is 63.7 Å². The monoisotopic (exact) mass is 373 g/mol. The first-order valence-electron chi connectivity index (χ1n) is 9.00. The first-order chi connectivity index (χ1) is 11.2. The minimum atomic E-state index is -3.41. The number of fused-ring (bicyclic) bond motifs is 2. The molecule has 5 nitrogen and oxygen atoms in total. The standard InChI is InChI=1S/C17H27NO4S2/c1-15(2)13-3-4-16(15,14(19)11-13)12-24(20,21)18-7-5-17(6-8-18)22-9-10-23-17/h13H,3-12H2,1-2H3/t13-,16+/m1/s1. The third kappa shape index (κ3) is 2.34. The van der Waals surface area contributed by atoms with E-state index in [-0.39, 0.29) is 21.9 Å². The highest BCUT2D eigenvalue weighted by atomic mass is 32.2. The number of carbonyl (C=O) groups is 1. The second kappa shape index (κ2) is 5.44. The van der Waals surface area contributed by atoms with Crippen LogP contribution in [0.5, 0.6) is 0 Å². The summed E-state index contributed by atoms with van der Waals surface area (Å²) in [6.45, 7) is 6.00. The van der Waals surface area contributed by atoms with Gasteiger partial charge in [0.25, 0.3) is 0 Å². The second-order valence-electron chi connectivity index (χ2n) is 8.43. The van der Waals surface area contributed by atoms with Crippen molar-refractivity contribution in [2.24, 2.45) is 16.7 Å². The van der Waals surface area contributed by atoms with Crippen molar-refractivity contribution in [2.45, 2.75) is 50.9 Å². The second-order valence-corrected chi connectivity index (χ2v) is 11.8. The van der Waals surface area contributed by atoms with Crippen LogP contribution in [0.3, 0.4) is 0 Å². The van der Waals surface area contributed by atoms with Gasteiger partial charge in [0.1, 0.15) is 10.7 Å². The SMILES string of the molecule is CC1(C)[C@@H]2CC[C@]1(CS(=O)(=O)N1CCC3(CC1)OCCS3)C(=O)C2. The number of hydrogen-bond acceptors (Lipinski definition) is 5. The molecule has 0 aromatic carbocycles. The Bertz CT molecular complexity index is 644. The van der Waals surface area contributed by atoms with Crippen LogP contribution in [0.2, 0.25) is 0 Å². The molecule has 136 valence electrons. The lowest BCUT2D eigenvalue weighted by molar-refractivity contribution is -0.128. The number of thioether (sulfide) groups is 1. The van der Waals surface area contributed by atoms with E-state index >= 15 is 0 Å². The average molecular weight is 374 g/mol. The van der Waals surface area contributed by atoms with E-state index < -0.39 is 15.4 Å².